The summed E-state index contributed by atoms with van der Waals surface area (Å²) in [5.74, 6) is 0.433. The van der Waals surface area contributed by atoms with E-state index in [1.807, 2.05) is 55.5 Å². The molecule has 0 spiro atoms. The highest BCUT2D eigenvalue weighted by Crippen LogP contribution is 2.37. The standard InChI is InChI=1S/C34H32FN3O2/c1-2-30(39)28-20-36-34(38(21-23-11-5-3-6-12-23)22-24-13-7-4-8-14-24)33-27(28)19-29(37-33)25-15-9-16-26(32(25)35)31-17-10-18-40-31/h3-9,11-16,19-20,31,37H,2,10,17-18,21-22H2,1H3. The maximum absolute atomic E-state index is 15.9. The zero-order valence-electron chi connectivity index (χ0n) is 22.6. The van der Waals surface area contributed by atoms with E-state index in [-0.39, 0.29) is 17.7 Å². The molecule has 5 nitrogen and oxygen atoms in total. The van der Waals surface area contributed by atoms with E-state index in [4.69, 9.17) is 9.72 Å². The van der Waals surface area contributed by atoms with E-state index in [1.54, 1.807) is 18.3 Å². The molecular formula is C34H32FN3O2. The third-order valence-corrected chi connectivity index (χ3v) is 7.60. The molecule has 1 aliphatic heterocycles. The largest absolute Gasteiger partial charge is 0.373 e. The number of fused-ring (bicyclic) bond motifs is 1. The number of ether oxygens (including phenoxy) is 1. The summed E-state index contributed by atoms with van der Waals surface area (Å²) in [5, 5.41) is 0.750. The predicted molar refractivity (Wildman–Crippen MR) is 157 cm³/mol. The van der Waals surface area contributed by atoms with Crippen LogP contribution in [0.4, 0.5) is 10.2 Å². The number of anilines is 1. The summed E-state index contributed by atoms with van der Waals surface area (Å²) in [6.45, 7) is 3.74. The first-order chi connectivity index (χ1) is 19.6. The summed E-state index contributed by atoms with van der Waals surface area (Å²) in [6, 6.07) is 27.8. The molecule has 2 aromatic heterocycles. The first-order valence-corrected chi connectivity index (χ1v) is 13.9. The fraction of sp³-hybridized carbons (Fsp3) is 0.235. The Morgan fingerprint density at radius 1 is 1.00 bits per heavy atom. The van der Waals surface area contributed by atoms with Crippen LogP contribution >= 0.6 is 0 Å². The second-order valence-corrected chi connectivity index (χ2v) is 10.3. The Morgan fingerprint density at radius 2 is 1.70 bits per heavy atom. The van der Waals surface area contributed by atoms with Crippen molar-refractivity contribution in [2.45, 2.75) is 45.4 Å². The number of nitrogens with one attached hydrogen (secondary N) is 1. The van der Waals surface area contributed by atoms with Crippen molar-refractivity contribution in [1.29, 1.82) is 0 Å². The maximum atomic E-state index is 15.9. The lowest BCUT2D eigenvalue weighted by Gasteiger charge is -2.25. The Balaban J connectivity index is 1.49. The van der Waals surface area contributed by atoms with Gasteiger partial charge < -0.3 is 14.6 Å². The smallest absolute Gasteiger partial charge is 0.164 e. The van der Waals surface area contributed by atoms with E-state index in [9.17, 15) is 4.79 Å². The van der Waals surface area contributed by atoms with Gasteiger partial charge in [-0.1, -0.05) is 79.7 Å². The van der Waals surface area contributed by atoms with E-state index in [2.05, 4.69) is 34.1 Å². The molecule has 1 atom stereocenters. The van der Waals surface area contributed by atoms with E-state index in [0.717, 1.165) is 40.7 Å². The molecule has 1 fully saturated rings. The second-order valence-electron chi connectivity index (χ2n) is 10.3. The van der Waals surface area contributed by atoms with Crippen molar-refractivity contribution < 1.29 is 13.9 Å². The van der Waals surface area contributed by atoms with E-state index in [1.165, 1.54) is 0 Å². The van der Waals surface area contributed by atoms with E-state index < -0.39 is 0 Å². The lowest BCUT2D eigenvalue weighted by molar-refractivity contribution is 0.0989. The van der Waals surface area contributed by atoms with Crippen molar-refractivity contribution in [1.82, 2.24) is 9.97 Å². The van der Waals surface area contributed by atoms with E-state index in [0.29, 0.717) is 48.5 Å². The summed E-state index contributed by atoms with van der Waals surface area (Å²) in [5.41, 5.74) is 5.20. The molecule has 0 radical (unpaired) electrons. The molecule has 1 aliphatic rings. The quantitative estimate of drug-likeness (QED) is 0.195. The van der Waals surface area contributed by atoms with Gasteiger partial charge in [0, 0.05) is 60.1 Å². The molecule has 0 bridgehead atoms. The third-order valence-electron chi connectivity index (χ3n) is 7.60. The number of halogens is 1. The zero-order chi connectivity index (χ0) is 27.5. The number of benzene rings is 3. The van der Waals surface area contributed by atoms with Gasteiger partial charge in [0.05, 0.1) is 11.6 Å². The number of hydrogen-bond donors (Lipinski definition) is 1. The minimum atomic E-state index is -0.288. The number of H-pyrrole nitrogens is 1. The highest BCUT2D eigenvalue weighted by molar-refractivity contribution is 6.10. The van der Waals surface area contributed by atoms with Gasteiger partial charge in [-0.05, 0) is 36.1 Å². The van der Waals surface area contributed by atoms with Crippen molar-refractivity contribution in [3.63, 3.8) is 0 Å². The molecule has 5 aromatic rings. The average Bonchev–Trinajstić information content (AvgIpc) is 3.68. The van der Waals surface area contributed by atoms with Crippen molar-refractivity contribution in [2.75, 3.05) is 11.5 Å². The third kappa shape index (κ3) is 5.15. The lowest BCUT2D eigenvalue weighted by atomic mass is 10.0. The highest BCUT2D eigenvalue weighted by atomic mass is 19.1. The number of aromatic nitrogens is 2. The SMILES string of the molecule is CCC(=O)c1cnc(N(Cc2ccccc2)Cc2ccccc2)c2[nH]c(-c3cccc(C4CCCO4)c3F)cc12. The van der Waals surface area contributed by atoms with Gasteiger partial charge >= 0.3 is 0 Å². The zero-order valence-corrected chi connectivity index (χ0v) is 22.6. The molecule has 202 valence electrons. The molecule has 0 saturated carbocycles. The predicted octanol–water partition coefficient (Wildman–Crippen LogP) is 8.02. The van der Waals surface area contributed by atoms with Crippen molar-refractivity contribution in [3.05, 3.63) is 119 Å². The van der Waals surface area contributed by atoms with Crippen LogP contribution < -0.4 is 4.90 Å². The van der Waals surface area contributed by atoms with Crippen LogP contribution in [0.3, 0.4) is 0 Å². The number of carbonyl (C=O) groups is 1. The molecule has 40 heavy (non-hydrogen) atoms. The number of carbonyl (C=O) groups excluding carboxylic acids is 1. The average molecular weight is 534 g/mol. The summed E-state index contributed by atoms with van der Waals surface area (Å²) in [4.78, 5) is 23.5. The van der Waals surface area contributed by atoms with Crippen molar-refractivity contribution >= 4 is 22.5 Å². The Kier molecular flexibility index (Phi) is 7.43. The number of rotatable bonds is 9. The number of aromatic amines is 1. The Morgan fingerprint density at radius 3 is 2.33 bits per heavy atom. The van der Waals surface area contributed by atoms with Crippen LogP contribution in [-0.4, -0.2) is 22.4 Å². The normalized spacial score (nSPS) is 15.0. The summed E-state index contributed by atoms with van der Waals surface area (Å²) < 4.78 is 21.7. The fourth-order valence-corrected chi connectivity index (χ4v) is 5.54. The van der Waals surface area contributed by atoms with Gasteiger partial charge in [0.2, 0.25) is 0 Å². The van der Waals surface area contributed by atoms with Crippen LogP contribution in [0.15, 0.2) is 91.1 Å². The molecule has 0 amide bonds. The van der Waals surface area contributed by atoms with Crippen LogP contribution in [0.1, 0.15) is 59.3 Å². The summed E-state index contributed by atoms with van der Waals surface area (Å²) >= 11 is 0. The molecule has 1 unspecified atom stereocenters. The van der Waals surface area contributed by atoms with Gasteiger partial charge in [-0.3, -0.25) is 4.79 Å². The van der Waals surface area contributed by atoms with Crippen LogP contribution in [0, 0.1) is 5.82 Å². The Hall–Kier alpha value is -4.29. The van der Waals surface area contributed by atoms with Crippen molar-refractivity contribution in [2.24, 2.45) is 0 Å². The highest BCUT2D eigenvalue weighted by Gasteiger charge is 2.25. The number of hydrogen-bond acceptors (Lipinski definition) is 4. The van der Waals surface area contributed by atoms with E-state index >= 15 is 4.39 Å². The second kappa shape index (κ2) is 11.4. The number of ketones is 1. The minimum absolute atomic E-state index is 0.000784. The van der Waals surface area contributed by atoms with Gasteiger partial charge in [-0.25, -0.2) is 9.37 Å². The Bertz CT molecular complexity index is 1580. The topological polar surface area (TPSA) is 58.2 Å². The van der Waals surface area contributed by atoms with Crippen LogP contribution in [0.2, 0.25) is 0 Å². The first kappa shape index (κ1) is 26.0. The van der Waals surface area contributed by atoms with Crippen LogP contribution in [0.25, 0.3) is 22.2 Å². The molecule has 0 aliphatic carbocycles. The van der Waals surface area contributed by atoms with Gasteiger partial charge in [0.15, 0.2) is 11.6 Å². The fourth-order valence-electron chi connectivity index (χ4n) is 5.54. The van der Waals surface area contributed by atoms with Gasteiger partial charge in [-0.15, -0.1) is 0 Å². The van der Waals surface area contributed by atoms with Crippen LogP contribution in [-0.2, 0) is 17.8 Å². The van der Waals surface area contributed by atoms with Gasteiger partial charge in [0.25, 0.3) is 0 Å². The van der Waals surface area contributed by atoms with Gasteiger partial charge in [-0.2, -0.15) is 0 Å². The molecule has 6 rings (SSSR count). The summed E-state index contributed by atoms with van der Waals surface area (Å²) in [6.07, 6.45) is 3.53. The monoisotopic (exact) mass is 533 g/mol. The molecule has 1 saturated heterocycles. The number of pyridine rings is 1. The Labute approximate surface area is 233 Å². The van der Waals surface area contributed by atoms with Crippen LogP contribution in [0.5, 0.6) is 0 Å². The maximum Gasteiger partial charge on any atom is 0.164 e. The molecule has 3 aromatic carbocycles. The molecule has 1 N–H and O–H groups in total. The number of nitrogens with zero attached hydrogens (tertiary/aromatic N) is 2. The number of Topliss-reactive ketones (excluding diaryl/α,β-unsaturated/α-hetero) is 1. The lowest BCUT2D eigenvalue weighted by Crippen LogP contribution is -2.23. The minimum Gasteiger partial charge on any atom is -0.373 e. The van der Waals surface area contributed by atoms with Gasteiger partial charge in [0.1, 0.15) is 5.82 Å². The molecule has 3 heterocycles. The summed E-state index contributed by atoms with van der Waals surface area (Å²) in [7, 11) is 0. The molecule has 6 heteroatoms. The first-order valence-electron chi connectivity index (χ1n) is 13.9. The molecular weight excluding hydrogens is 501 g/mol. The van der Waals surface area contributed by atoms with Crippen molar-refractivity contribution in [3.8, 4) is 11.3 Å².